The molecule has 0 bridgehead atoms. The van der Waals surface area contributed by atoms with Gasteiger partial charge in [-0.25, -0.2) is 4.98 Å². The van der Waals surface area contributed by atoms with E-state index in [1.165, 1.54) is 0 Å². The van der Waals surface area contributed by atoms with Gasteiger partial charge in [0.2, 0.25) is 0 Å². The first-order chi connectivity index (χ1) is 7.41. The standard InChI is InChI=1S/C12H22N2OS/c1-8(2)14(9(3)4)12(15)6-11-7-16-10(5)13-11/h7-9,12,15H,6H2,1-5H3. The molecule has 1 unspecified atom stereocenters. The molecule has 1 aromatic heterocycles. The summed E-state index contributed by atoms with van der Waals surface area (Å²) >= 11 is 1.63. The molecule has 0 saturated heterocycles. The van der Waals surface area contributed by atoms with Crippen LogP contribution in [0.4, 0.5) is 0 Å². The van der Waals surface area contributed by atoms with Crippen molar-refractivity contribution >= 4 is 11.3 Å². The summed E-state index contributed by atoms with van der Waals surface area (Å²) in [5.74, 6) is 0. The number of aryl methyl sites for hydroxylation is 1. The largest absolute Gasteiger partial charge is 0.378 e. The third-order valence-corrected chi connectivity index (χ3v) is 3.42. The number of nitrogens with zero attached hydrogens (tertiary/aromatic N) is 2. The van der Waals surface area contributed by atoms with E-state index in [1.54, 1.807) is 11.3 Å². The molecule has 1 atom stereocenters. The van der Waals surface area contributed by atoms with E-state index in [9.17, 15) is 5.11 Å². The van der Waals surface area contributed by atoms with E-state index in [0.717, 1.165) is 10.7 Å². The van der Waals surface area contributed by atoms with E-state index in [-0.39, 0.29) is 0 Å². The smallest absolute Gasteiger partial charge is 0.113 e. The van der Waals surface area contributed by atoms with Crippen molar-refractivity contribution < 1.29 is 5.11 Å². The number of aliphatic hydroxyl groups is 1. The molecule has 0 fully saturated rings. The molecule has 0 aliphatic rings. The average Bonchev–Trinajstić information content (AvgIpc) is 2.49. The SMILES string of the molecule is Cc1nc(CC(O)N(C(C)C)C(C)C)cs1. The summed E-state index contributed by atoms with van der Waals surface area (Å²) in [7, 11) is 0. The molecule has 0 saturated carbocycles. The molecule has 0 amide bonds. The summed E-state index contributed by atoms with van der Waals surface area (Å²) in [5.41, 5.74) is 0.987. The van der Waals surface area contributed by atoms with Crippen LogP contribution in [-0.4, -0.2) is 33.3 Å². The maximum absolute atomic E-state index is 10.2. The van der Waals surface area contributed by atoms with E-state index >= 15 is 0 Å². The Morgan fingerprint density at radius 3 is 2.25 bits per heavy atom. The average molecular weight is 242 g/mol. The highest BCUT2D eigenvalue weighted by Crippen LogP contribution is 2.15. The van der Waals surface area contributed by atoms with Crippen molar-refractivity contribution in [3.63, 3.8) is 0 Å². The van der Waals surface area contributed by atoms with Crippen molar-refractivity contribution in [3.8, 4) is 0 Å². The quantitative estimate of drug-likeness (QED) is 0.806. The van der Waals surface area contributed by atoms with Crippen LogP contribution in [0.25, 0.3) is 0 Å². The molecule has 92 valence electrons. The molecule has 0 spiro atoms. The lowest BCUT2D eigenvalue weighted by molar-refractivity contribution is -0.0364. The van der Waals surface area contributed by atoms with Crippen LogP contribution in [0.3, 0.4) is 0 Å². The molecule has 0 radical (unpaired) electrons. The minimum atomic E-state index is -0.443. The molecule has 16 heavy (non-hydrogen) atoms. The summed E-state index contributed by atoms with van der Waals surface area (Å²) in [6.45, 7) is 10.4. The van der Waals surface area contributed by atoms with Crippen LogP contribution >= 0.6 is 11.3 Å². The van der Waals surface area contributed by atoms with Crippen LogP contribution in [-0.2, 0) is 6.42 Å². The van der Waals surface area contributed by atoms with Crippen LogP contribution < -0.4 is 0 Å². The zero-order valence-corrected chi connectivity index (χ0v) is 11.6. The fraction of sp³-hybridized carbons (Fsp3) is 0.750. The summed E-state index contributed by atoms with van der Waals surface area (Å²) in [6, 6.07) is 0.685. The highest BCUT2D eigenvalue weighted by Gasteiger charge is 2.22. The number of rotatable bonds is 5. The molecule has 0 aliphatic heterocycles. The zero-order valence-electron chi connectivity index (χ0n) is 10.8. The zero-order chi connectivity index (χ0) is 12.3. The van der Waals surface area contributed by atoms with Gasteiger partial charge in [0.1, 0.15) is 6.23 Å². The van der Waals surface area contributed by atoms with E-state index in [4.69, 9.17) is 0 Å². The van der Waals surface area contributed by atoms with Gasteiger partial charge in [-0.15, -0.1) is 11.3 Å². The monoisotopic (exact) mass is 242 g/mol. The molecule has 0 aliphatic carbocycles. The van der Waals surface area contributed by atoms with Gasteiger partial charge in [-0.05, 0) is 34.6 Å². The van der Waals surface area contributed by atoms with Gasteiger partial charge < -0.3 is 5.11 Å². The number of hydrogen-bond acceptors (Lipinski definition) is 4. The third-order valence-electron chi connectivity index (χ3n) is 2.60. The number of thiazole rings is 1. The van der Waals surface area contributed by atoms with Gasteiger partial charge in [-0.1, -0.05) is 0 Å². The number of aromatic nitrogens is 1. The first kappa shape index (κ1) is 13.6. The van der Waals surface area contributed by atoms with Crippen molar-refractivity contribution in [3.05, 3.63) is 16.1 Å². The maximum atomic E-state index is 10.2. The summed E-state index contributed by atoms with van der Waals surface area (Å²) in [6.07, 6.45) is 0.169. The second-order valence-electron chi connectivity index (χ2n) is 4.68. The molecule has 1 heterocycles. The van der Waals surface area contributed by atoms with E-state index in [2.05, 4.69) is 37.6 Å². The maximum Gasteiger partial charge on any atom is 0.113 e. The van der Waals surface area contributed by atoms with E-state index in [0.29, 0.717) is 18.5 Å². The molecule has 1 N–H and O–H groups in total. The lowest BCUT2D eigenvalue weighted by atomic mass is 10.2. The third kappa shape index (κ3) is 3.54. The molecule has 0 aromatic carbocycles. The predicted octanol–water partition coefficient (Wildman–Crippen LogP) is 2.43. The normalized spacial score (nSPS) is 14.1. The van der Waals surface area contributed by atoms with Gasteiger partial charge in [-0.3, -0.25) is 4.90 Å². The van der Waals surface area contributed by atoms with E-state index in [1.807, 2.05) is 12.3 Å². The minimum absolute atomic E-state index is 0.342. The van der Waals surface area contributed by atoms with Gasteiger partial charge in [0.15, 0.2) is 0 Å². The predicted molar refractivity (Wildman–Crippen MR) is 68.7 cm³/mol. The van der Waals surface area contributed by atoms with Crippen LogP contribution in [0.1, 0.15) is 38.4 Å². The van der Waals surface area contributed by atoms with Crippen LogP contribution in [0.15, 0.2) is 5.38 Å². The topological polar surface area (TPSA) is 36.4 Å². The van der Waals surface area contributed by atoms with Gasteiger partial charge in [0, 0.05) is 23.9 Å². The number of hydrogen-bond donors (Lipinski definition) is 1. The van der Waals surface area contributed by atoms with Crippen LogP contribution in [0, 0.1) is 6.92 Å². The fourth-order valence-corrected chi connectivity index (χ4v) is 2.70. The van der Waals surface area contributed by atoms with Crippen molar-refractivity contribution in [2.45, 2.75) is 59.4 Å². The minimum Gasteiger partial charge on any atom is -0.378 e. The summed E-state index contributed by atoms with van der Waals surface area (Å²) < 4.78 is 0. The molecule has 4 heteroatoms. The van der Waals surface area contributed by atoms with Gasteiger partial charge in [0.25, 0.3) is 0 Å². The van der Waals surface area contributed by atoms with Crippen molar-refractivity contribution in [1.29, 1.82) is 0 Å². The Balaban J connectivity index is 2.65. The molecule has 3 nitrogen and oxygen atoms in total. The Morgan fingerprint density at radius 2 is 1.88 bits per heavy atom. The molecular formula is C12H22N2OS. The number of aliphatic hydroxyl groups excluding tert-OH is 1. The lowest BCUT2D eigenvalue weighted by Crippen LogP contribution is -2.46. The first-order valence-electron chi connectivity index (χ1n) is 5.78. The molecule has 1 aromatic rings. The second-order valence-corrected chi connectivity index (χ2v) is 5.74. The fourth-order valence-electron chi connectivity index (χ4n) is 2.08. The van der Waals surface area contributed by atoms with Gasteiger partial charge in [0.05, 0.1) is 10.7 Å². The summed E-state index contributed by atoms with van der Waals surface area (Å²) in [5, 5.41) is 13.3. The summed E-state index contributed by atoms with van der Waals surface area (Å²) in [4.78, 5) is 6.49. The van der Waals surface area contributed by atoms with Gasteiger partial charge >= 0.3 is 0 Å². The first-order valence-corrected chi connectivity index (χ1v) is 6.66. The van der Waals surface area contributed by atoms with Gasteiger partial charge in [-0.2, -0.15) is 0 Å². The Morgan fingerprint density at radius 1 is 1.31 bits per heavy atom. The highest BCUT2D eigenvalue weighted by atomic mass is 32.1. The molecule has 1 rings (SSSR count). The Hall–Kier alpha value is -0.450. The Bertz CT molecular complexity index is 315. The van der Waals surface area contributed by atoms with Crippen LogP contribution in [0.2, 0.25) is 0 Å². The van der Waals surface area contributed by atoms with Crippen molar-refractivity contribution in [1.82, 2.24) is 9.88 Å². The second kappa shape index (κ2) is 5.75. The van der Waals surface area contributed by atoms with Crippen LogP contribution in [0.5, 0.6) is 0 Å². The highest BCUT2D eigenvalue weighted by molar-refractivity contribution is 7.09. The van der Waals surface area contributed by atoms with Crippen molar-refractivity contribution in [2.24, 2.45) is 0 Å². The Kier molecular flexibility index (Phi) is 4.89. The van der Waals surface area contributed by atoms with Crippen molar-refractivity contribution in [2.75, 3.05) is 0 Å². The Labute approximate surface area is 102 Å². The van der Waals surface area contributed by atoms with E-state index < -0.39 is 6.23 Å². The molecular weight excluding hydrogens is 220 g/mol. The lowest BCUT2D eigenvalue weighted by Gasteiger charge is -2.34.